The van der Waals surface area contributed by atoms with Gasteiger partial charge in [0.15, 0.2) is 0 Å². The van der Waals surface area contributed by atoms with Gasteiger partial charge < -0.3 is 19.2 Å². The molecule has 1 aromatic heterocycles. The molecule has 1 heterocycles. The highest BCUT2D eigenvalue weighted by Gasteiger charge is 1.97. The van der Waals surface area contributed by atoms with Crippen molar-refractivity contribution >= 4 is 17.8 Å². The largest absolute Gasteiger partial charge is 0.475 e. The molecule has 0 aliphatic rings. The number of nitrogens with zero attached hydrogens (tertiary/aromatic N) is 2. The predicted molar refractivity (Wildman–Crippen MR) is 105 cm³/mol. The van der Waals surface area contributed by atoms with Gasteiger partial charge in [0.2, 0.25) is 5.88 Å². The van der Waals surface area contributed by atoms with E-state index in [-0.39, 0.29) is 6.61 Å². The number of hydrogen-bond acceptors (Lipinski definition) is 6. The number of benzene rings is 1. The first-order valence-corrected chi connectivity index (χ1v) is 8.76. The average Bonchev–Trinajstić information content (AvgIpc) is 2.69. The minimum Gasteiger partial charge on any atom is -0.475 e. The van der Waals surface area contributed by atoms with Gasteiger partial charge in [0.05, 0.1) is 32.1 Å². The monoisotopic (exact) mass is 375 g/mol. The van der Waals surface area contributed by atoms with Gasteiger partial charge in [-0.05, 0) is 29.3 Å². The highest BCUT2D eigenvalue weighted by molar-refractivity contribution is 5.70. The lowest BCUT2D eigenvalue weighted by Gasteiger charge is -2.11. The normalized spacial score (nSPS) is 11.1. The van der Waals surface area contributed by atoms with E-state index in [9.17, 15) is 4.39 Å². The molecule has 6 nitrogen and oxygen atoms in total. The Kier molecular flexibility index (Phi) is 9.26. The van der Waals surface area contributed by atoms with Crippen molar-refractivity contribution in [2.45, 2.75) is 0 Å². The molecule has 0 aliphatic carbocycles. The van der Waals surface area contributed by atoms with Crippen molar-refractivity contribution < 1.29 is 18.6 Å². The molecule has 2 aromatic rings. The van der Waals surface area contributed by atoms with Crippen molar-refractivity contribution in [2.24, 2.45) is 5.84 Å². The Balaban J connectivity index is 1.70. The summed E-state index contributed by atoms with van der Waals surface area (Å²) in [5, 5.41) is 1.57. The van der Waals surface area contributed by atoms with Crippen molar-refractivity contribution in [2.75, 3.05) is 51.8 Å². The Hall–Kier alpha value is -2.48. The van der Waals surface area contributed by atoms with Crippen LogP contribution in [0.5, 0.6) is 5.88 Å². The fraction of sp³-hybridized carbons (Fsp3) is 0.350. The van der Waals surface area contributed by atoms with E-state index in [2.05, 4.69) is 4.98 Å². The maximum absolute atomic E-state index is 11.8. The van der Waals surface area contributed by atoms with Crippen molar-refractivity contribution in [3.63, 3.8) is 0 Å². The third-order valence-corrected chi connectivity index (χ3v) is 3.60. The Morgan fingerprint density at radius 2 is 1.56 bits per heavy atom. The Morgan fingerprint density at radius 3 is 2.19 bits per heavy atom. The lowest BCUT2D eigenvalue weighted by Crippen LogP contribution is -2.24. The second-order valence-corrected chi connectivity index (χ2v) is 5.73. The molecule has 2 rings (SSSR count). The standard InChI is InChI=1S/C20H26FN3O3/c1-24(22)19-7-4-17(5-8-19)2-3-18-6-9-20(23-16-18)27-15-14-26-13-12-25-11-10-21/h2-9,16H,10-15,22H2,1H3. The van der Waals surface area contributed by atoms with Gasteiger partial charge in [-0.2, -0.15) is 0 Å². The average molecular weight is 375 g/mol. The zero-order valence-corrected chi connectivity index (χ0v) is 15.5. The predicted octanol–water partition coefficient (Wildman–Crippen LogP) is 2.94. The van der Waals surface area contributed by atoms with E-state index < -0.39 is 6.67 Å². The third kappa shape index (κ3) is 8.17. The highest BCUT2D eigenvalue weighted by atomic mass is 19.1. The first-order chi connectivity index (χ1) is 13.2. The van der Waals surface area contributed by atoms with Crippen LogP contribution in [-0.4, -0.2) is 51.7 Å². The summed E-state index contributed by atoms with van der Waals surface area (Å²) in [7, 11) is 1.80. The van der Waals surface area contributed by atoms with Crippen molar-refractivity contribution in [1.82, 2.24) is 4.98 Å². The van der Waals surface area contributed by atoms with Crippen LogP contribution in [0.1, 0.15) is 11.1 Å². The van der Waals surface area contributed by atoms with E-state index in [0.29, 0.717) is 32.3 Å². The number of hydrogen-bond donors (Lipinski definition) is 1. The molecular formula is C20H26FN3O3. The van der Waals surface area contributed by atoms with Crippen LogP contribution in [0, 0.1) is 0 Å². The van der Waals surface area contributed by atoms with E-state index in [4.69, 9.17) is 20.1 Å². The molecule has 146 valence electrons. The highest BCUT2D eigenvalue weighted by Crippen LogP contribution is 2.14. The third-order valence-electron chi connectivity index (χ3n) is 3.60. The summed E-state index contributed by atoms with van der Waals surface area (Å²) in [6, 6.07) is 11.7. The summed E-state index contributed by atoms with van der Waals surface area (Å²) in [6.45, 7) is 1.26. The first kappa shape index (κ1) is 20.8. The van der Waals surface area contributed by atoms with Gasteiger partial charge in [-0.25, -0.2) is 15.2 Å². The van der Waals surface area contributed by atoms with E-state index in [1.54, 1.807) is 18.3 Å². The van der Waals surface area contributed by atoms with Gasteiger partial charge >= 0.3 is 0 Å². The summed E-state index contributed by atoms with van der Waals surface area (Å²) >= 11 is 0. The van der Waals surface area contributed by atoms with Crippen LogP contribution in [0.15, 0.2) is 42.6 Å². The van der Waals surface area contributed by atoms with Crippen LogP contribution < -0.4 is 15.6 Å². The Morgan fingerprint density at radius 1 is 0.926 bits per heavy atom. The maximum atomic E-state index is 11.8. The lowest BCUT2D eigenvalue weighted by molar-refractivity contribution is 0.0320. The van der Waals surface area contributed by atoms with Crippen LogP contribution in [0.25, 0.3) is 12.2 Å². The molecule has 1 aromatic carbocycles. The fourth-order valence-electron chi connectivity index (χ4n) is 2.17. The number of halogens is 1. The minimum atomic E-state index is -0.474. The number of nitrogens with two attached hydrogens (primary N) is 1. The van der Waals surface area contributed by atoms with Gasteiger partial charge in [0, 0.05) is 19.3 Å². The van der Waals surface area contributed by atoms with Crippen molar-refractivity contribution in [3.05, 3.63) is 53.7 Å². The number of hydrazine groups is 1. The van der Waals surface area contributed by atoms with E-state index in [1.165, 1.54) is 0 Å². The molecule has 0 amide bonds. The van der Waals surface area contributed by atoms with E-state index in [1.807, 2.05) is 48.6 Å². The molecule has 0 bridgehead atoms. The molecule has 0 saturated heterocycles. The maximum Gasteiger partial charge on any atom is 0.213 e. The van der Waals surface area contributed by atoms with Crippen LogP contribution in [0.2, 0.25) is 0 Å². The molecule has 2 N–H and O–H groups in total. The van der Waals surface area contributed by atoms with Gasteiger partial charge in [0.1, 0.15) is 13.3 Å². The zero-order chi connectivity index (χ0) is 19.3. The summed E-state index contributed by atoms with van der Waals surface area (Å²) in [6.07, 6.45) is 5.74. The van der Waals surface area contributed by atoms with Gasteiger partial charge in [-0.15, -0.1) is 0 Å². The fourth-order valence-corrected chi connectivity index (χ4v) is 2.17. The van der Waals surface area contributed by atoms with Crippen LogP contribution in [-0.2, 0) is 9.47 Å². The molecule has 0 atom stereocenters. The number of ether oxygens (including phenoxy) is 3. The summed E-state index contributed by atoms with van der Waals surface area (Å²) in [5.74, 6) is 6.23. The molecule has 0 unspecified atom stereocenters. The van der Waals surface area contributed by atoms with E-state index >= 15 is 0 Å². The number of aromatic nitrogens is 1. The van der Waals surface area contributed by atoms with Gasteiger partial charge in [-0.1, -0.05) is 24.3 Å². The summed E-state index contributed by atoms with van der Waals surface area (Å²) in [4.78, 5) is 4.27. The van der Waals surface area contributed by atoms with Gasteiger partial charge in [0.25, 0.3) is 0 Å². The van der Waals surface area contributed by atoms with E-state index in [0.717, 1.165) is 16.8 Å². The Bertz CT molecular complexity index is 676. The Labute approximate surface area is 159 Å². The number of pyridine rings is 1. The number of rotatable bonds is 12. The van der Waals surface area contributed by atoms with Crippen molar-refractivity contribution in [3.8, 4) is 5.88 Å². The minimum absolute atomic E-state index is 0.112. The molecule has 0 aliphatic heterocycles. The molecule has 0 radical (unpaired) electrons. The summed E-state index contributed by atoms with van der Waals surface area (Å²) in [5.41, 5.74) is 3.00. The first-order valence-electron chi connectivity index (χ1n) is 8.76. The van der Waals surface area contributed by atoms with Crippen LogP contribution >= 0.6 is 0 Å². The SMILES string of the molecule is CN(N)c1ccc(C=Cc2ccc(OCCOCCOCCF)nc2)cc1. The van der Waals surface area contributed by atoms with Gasteiger partial charge in [-0.3, -0.25) is 0 Å². The second kappa shape index (κ2) is 12.0. The zero-order valence-electron chi connectivity index (χ0n) is 15.5. The topological polar surface area (TPSA) is 69.8 Å². The molecule has 0 saturated carbocycles. The number of alkyl halides is 1. The van der Waals surface area contributed by atoms with Crippen LogP contribution in [0.3, 0.4) is 0 Å². The molecule has 7 heteroatoms. The molecule has 0 spiro atoms. The molecule has 0 fully saturated rings. The lowest BCUT2D eigenvalue weighted by atomic mass is 10.1. The molecular weight excluding hydrogens is 349 g/mol. The number of anilines is 1. The van der Waals surface area contributed by atoms with Crippen LogP contribution in [0.4, 0.5) is 10.1 Å². The smallest absolute Gasteiger partial charge is 0.213 e. The summed E-state index contributed by atoms with van der Waals surface area (Å²) < 4.78 is 27.6. The van der Waals surface area contributed by atoms with Crippen molar-refractivity contribution in [1.29, 1.82) is 0 Å². The second-order valence-electron chi connectivity index (χ2n) is 5.73. The molecule has 27 heavy (non-hydrogen) atoms. The quantitative estimate of drug-likeness (QED) is 0.349.